The van der Waals surface area contributed by atoms with E-state index >= 15 is 0 Å². The maximum Gasteiger partial charge on any atom is 0.136 e. The van der Waals surface area contributed by atoms with E-state index in [1.807, 2.05) is 0 Å². The lowest BCUT2D eigenvalue weighted by Gasteiger charge is -2.12. The summed E-state index contributed by atoms with van der Waals surface area (Å²) in [4.78, 5) is 0. The van der Waals surface area contributed by atoms with Gasteiger partial charge in [0, 0.05) is 43.7 Å². The first-order valence-corrected chi connectivity index (χ1v) is 18.3. The molecular weight excluding hydrogens is 645 g/mol. The molecule has 0 spiro atoms. The van der Waals surface area contributed by atoms with Crippen LogP contribution in [0.1, 0.15) is 0 Å². The fraction of sp³-hybridized carbons (Fsp3) is 0. The lowest BCUT2D eigenvalue weighted by atomic mass is 10.0. The Morgan fingerprint density at radius 2 is 1.02 bits per heavy atom. The Balaban J connectivity index is 1.22. The third-order valence-electron chi connectivity index (χ3n) is 11.8. The number of furan rings is 1. The average molecular weight is 673 g/mol. The lowest BCUT2D eigenvalue weighted by molar-refractivity contribution is 0.669. The zero-order valence-electron chi connectivity index (χ0n) is 28.5. The van der Waals surface area contributed by atoms with E-state index in [1.54, 1.807) is 0 Å². The van der Waals surface area contributed by atoms with Crippen LogP contribution in [-0.2, 0) is 0 Å². The number of rotatable bonds is 2. The number of hydrogen-bond acceptors (Lipinski definition) is 1. The van der Waals surface area contributed by atoms with Crippen molar-refractivity contribution in [2.75, 3.05) is 0 Å². The van der Waals surface area contributed by atoms with Crippen LogP contribution in [-0.4, -0.2) is 9.13 Å². The van der Waals surface area contributed by atoms with Gasteiger partial charge in [-0.3, -0.25) is 0 Å². The van der Waals surface area contributed by atoms with Gasteiger partial charge in [0.1, 0.15) is 11.2 Å². The van der Waals surface area contributed by atoms with Crippen molar-refractivity contribution in [3.05, 3.63) is 170 Å². The Morgan fingerprint density at radius 3 is 1.94 bits per heavy atom. The molecule has 13 rings (SSSR count). The van der Waals surface area contributed by atoms with Crippen molar-refractivity contribution in [2.24, 2.45) is 0 Å². The maximum atomic E-state index is 6.47. The van der Waals surface area contributed by atoms with Crippen molar-refractivity contribution < 1.29 is 4.42 Å². The van der Waals surface area contributed by atoms with E-state index in [-0.39, 0.29) is 0 Å². The average Bonchev–Trinajstić information content (AvgIpc) is 3.95. The number of hydrogen-bond donors (Lipinski definition) is 0. The molecule has 12 aromatic rings. The predicted octanol–water partition coefficient (Wildman–Crippen LogP) is 13.7. The van der Waals surface area contributed by atoms with Gasteiger partial charge in [0.15, 0.2) is 0 Å². The van der Waals surface area contributed by atoms with Crippen LogP contribution < -0.4 is 0 Å². The summed E-state index contributed by atoms with van der Waals surface area (Å²) in [6.07, 6.45) is 0. The second-order valence-corrected chi connectivity index (χ2v) is 14.4. The molecule has 3 heteroatoms. The Morgan fingerprint density at radius 1 is 0.321 bits per heavy atom. The minimum Gasteiger partial charge on any atom is -0.456 e. The summed E-state index contributed by atoms with van der Waals surface area (Å²) in [5, 5.41) is 12.3. The molecule has 1 aliphatic rings. The summed E-state index contributed by atoms with van der Waals surface area (Å²) in [6.45, 7) is 0. The summed E-state index contributed by atoms with van der Waals surface area (Å²) >= 11 is 0. The van der Waals surface area contributed by atoms with Gasteiger partial charge in [-0.05, 0) is 98.4 Å². The van der Waals surface area contributed by atoms with E-state index < -0.39 is 0 Å². The molecular formula is C50H28N2O. The van der Waals surface area contributed by atoms with Gasteiger partial charge >= 0.3 is 0 Å². The van der Waals surface area contributed by atoms with Gasteiger partial charge in [-0.15, -0.1) is 0 Å². The van der Waals surface area contributed by atoms with E-state index in [0.29, 0.717) is 0 Å². The fourth-order valence-corrected chi connectivity index (χ4v) is 9.65. The Bertz CT molecular complexity index is 3570. The predicted molar refractivity (Wildman–Crippen MR) is 222 cm³/mol. The zero-order valence-corrected chi connectivity index (χ0v) is 28.5. The normalized spacial score (nSPS) is 12.5. The van der Waals surface area contributed by atoms with Crippen LogP contribution in [0, 0.1) is 0 Å². The monoisotopic (exact) mass is 672 g/mol. The second kappa shape index (κ2) is 9.81. The molecule has 244 valence electrons. The molecule has 0 saturated heterocycles. The molecule has 53 heavy (non-hydrogen) atoms. The first-order valence-electron chi connectivity index (χ1n) is 18.3. The van der Waals surface area contributed by atoms with Crippen LogP contribution in [0.3, 0.4) is 0 Å². The fourth-order valence-electron chi connectivity index (χ4n) is 9.65. The molecule has 0 saturated carbocycles. The lowest BCUT2D eigenvalue weighted by Crippen LogP contribution is -1.96. The molecule has 3 nitrogen and oxygen atoms in total. The molecule has 9 aromatic carbocycles. The van der Waals surface area contributed by atoms with E-state index in [2.05, 4.69) is 179 Å². The molecule has 3 heterocycles. The summed E-state index contributed by atoms with van der Waals surface area (Å²) in [7, 11) is 0. The Kier molecular flexibility index (Phi) is 5.11. The van der Waals surface area contributed by atoms with Crippen LogP contribution in [0.15, 0.2) is 174 Å². The van der Waals surface area contributed by atoms with Gasteiger partial charge in [0.05, 0.1) is 22.1 Å². The smallest absolute Gasteiger partial charge is 0.136 e. The van der Waals surface area contributed by atoms with Gasteiger partial charge in [0.2, 0.25) is 0 Å². The van der Waals surface area contributed by atoms with Crippen molar-refractivity contribution in [1.29, 1.82) is 0 Å². The van der Waals surface area contributed by atoms with Gasteiger partial charge < -0.3 is 13.6 Å². The number of benzene rings is 9. The third-order valence-corrected chi connectivity index (χ3v) is 11.8. The van der Waals surface area contributed by atoms with Gasteiger partial charge in [-0.25, -0.2) is 0 Å². The van der Waals surface area contributed by atoms with E-state index in [4.69, 9.17) is 4.42 Å². The standard InChI is InChI=1S/C50H28N2O/c1-2-11-30-26-32(21-20-29(30)10-1)52-42-24-25-45-49(38-16-6-8-19-44(38)53-45)47(42)39-22-23-43-48(50(39)52)37-15-5-7-18-41(37)51(43)33-27-31-12-9-17-36-34-13-3-4-14-35(34)40(28-33)46(31)36/h1-28H. The van der Waals surface area contributed by atoms with Crippen LogP contribution in [0.4, 0.5) is 0 Å². The highest BCUT2D eigenvalue weighted by molar-refractivity contribution is 6.33. The third kappa shape index (κ3) is 3.49. The number of aromatic nitrogens is 2. The summed E-state index contributed by atoms with van der Waals surface area (Å²) in [5.41, 5.74) is 14.1. The van der Waals surface area contributed by atoms with E-state index in [1.165, 1.54) is 93.1 Å². The molecule has 0 bridgehead atoms. The Labute approximate surface area is 303 Å². The molecule has 0 amide bonds. The topological polar surface area (TPSA) is 23.0 Å². The molecule has 0 atom stereocenters. The molecule has 3 aromatic heterocycles. The van der Waals surface area contributed by atoms with Crippen LogP contribution >= 0.6 is 0 Å². The first kappa shape index (κ1) is 27.6. The summed E-state index contributed by atoms with van der Waals surface area (Å²) in [6, 6.07) is 62.3. The summed E-state index contributed by atoms with van der Waals surface area (Å²) in [5.74, 6) is 0. The largest absolute Gasteiger partial charge is 0.456 e. The van der Waals surface area contributed by atoms with Crippen LogP contribution in [0.25, 0.3) is 121 Å². The first-order chi connectivity index (χ1) is 26.3. The quantitative estimate of drug-likeness (QED) is 0.179. The molecule has 0 aliphatic heterocycles. The van der Waals surface area contributed by atoms with Gasteiger partial charge in [0.25, 0.3) is 0 Å². The highest BCUT2D eigenvalue weighted by Gasteiger charge is 2.26. The van der Waals surface area contributed by atoms with E-state index in [9.17, 15) is 0 Å². The van der Waals surface area contributed by atoms with Crippen LogP contribution in [0.5, 0.6) is 0 Å². The number of fused-ring (bicyclic) bond motifs is 15. The van der Waals surface area contributed by atoms with E-state index in [0.717, 1.165) is 27.6 Å². The van der Waals surface area contributed by atoms with Crippen molar-refractivity contribution in [1.82, 2.24) is 9.13 Å². The van der Waals surface area contributed by atoms with Gasteiger partial charge in [-0.2, -0.15) is 0 Å². The van der Waals surface area contributed by atoms with Crippen molar-refractivity contribution in [3.8, 4) is 33.6 Å². The molecule has 1 aliphatic carbocycles. The summed E-state index contributed by atoms with van der Waals surface area (Å²) < 4.78 is 11.5. The van der Waals surface area contributed by atoms with Crippen molar-refractivity contribution >= 4 is 87.1 Å². The van der Waals surface area contributed by atoms with Crippen LogP contribution in [0.2, 0.25) is 0 Å². The molecule has 0 radical (unpaired) electrons. The molecule has 0 fully saturated rings. The number of para-hydroxylation sites is 2. The minimum absolute atomic E-state index is 0.910. The SMILES string of the molecule is c1ccc2c(c1)-c1cccc3cc(-n4c5ccccc5c5c4ccc4c6c7c(ccc6n(-c6ccc8ccccc8c6)c45)oc4ccccc47)cc-2c13. The molecule has 0 N–H and O–H groups in total. The maximum absolute atomic E-state index is 6.47. The van der Waals surface area contributed by atoms with Crippen molar-refractivity contribution in [2.45, 2.75) is 0 Å². The molecule has 0 unspecified atom stereocenters. The second-order valence-electron chi connectivity index (χ2n) is 14.4. The number of nitrogens with zero attached hydrogens (tertiary/aromatic N) is 2. The zero-order chi connectivity index (χ0) is 34.4. The Hall–Kier alpha value is -7.10. The highest BCUT2D eigenvalue weighted by atomic mass is 16.3. The minimum atomic E-state index is 0.910. The van der Waals surface area contributed by atoms with Crippen molar-refractivity contribution in [3.63, 3.8) is 0 Å². The van der Waals surface area contributed by atoms with Gasteiger partial charge in [-0.1, -0.05) is 115 Å². The highest BCUT2D eigenvalue weighted by Crippen LogP contribution is 2.50.